The smallest absolute Gasteiger partial charge is 0.338 e. The van der Waals surface area contributed by atoms with Gasteiger partial charge in [-0.15, -0.1) is 0 Å². The molecule has 3 amide bonds. The fourth-order valence-corrected chi connectivity index (χ4v) is 4.09. The second kappa shape index (κ2) is 12.3. The van der Waals surface area contributed by atoms with Gasteiger partial charge in [-0.3, -0.25) is 15.1 Å². The van der Waals surface area contributed by atoms with Gasteiger partial charge in [0.2, 0.25) is 0 Å². The molecule has 0 bridgehead atoms. The Kier molecular flexibility index (Phi) is 8.90. The van der Waals surface area contributed by atoms with Crippen molar-refractivity contribution in [2.45, 2.75) is 13.0 Å². The van der Waals surface area contributed by atoms with Crippen LogP contribution in [0.1, 0.15) is 6.92 Å². The molecule has 0 aliphatic carbocycles. The minimum Gasteiger partial charge on any atom is -0.493 e. The number of nitrogens with one attached hydrogen (secondary N) is 1. The van der Waals surface area contributed by atoms with Gasteiger partial charge in [-0.1, -0.05) is 48.1 Å². The molecule has 39 heavy (non-hydrogen) atoms. The summed E-state index contributed by atoms with van der Waals surface area (Å²) < 4.78 is 23.3. The Morgan fingerprint density at radius 2 is 1.62 bits per heavy atom. The summed E-state index contributed by atoms with van der Waals surface area (Å²) in [6, 6.07) is 15.7. The van der Waals surface area contributed by atoms with Gasteiger partial charge in [-0.2, -0.15) is 0 Å². The standard InChI is InChI=1S/C27H23Cl2N3O6S/c1-15(37-22-7-5-4-6-18(22)28)26(33)31-27(34)32(39)16-8-9-23(19(29)12-16)38-21-10-11-30-20-14-25(36-3)24(35-2)13-17(20)21/h4-15,39H,1-3H3,(H,31,33,34). The molecule has 0 saturated heterocycles. The van der Waals surface area contributed by atoms with Crippen molar-refractivity contribution < 1.29 is 28.5 Å². The van der Waals surface area contributed by atoms with Gasteiger partial charge < -0.3 is 18.9 Å². The Bertz CT molecular complexity index is 1540. The van der Waals surface area contributed by atoms with Crippen molar-refractivity contribution in [1.82, 2.24) is 10.3 Å². The van der Waals surface area contributed by atoms with E-state index in [0.717, 1.165) is 4.31 Å². The van der Waals surface area contributed by atoms with E-state index >= 15 is 0 Å². The number of amides is 3. The highest BCUT2D eigenvalue weighted by molar-refractivity contribution is 7.82. The van der Waals surface area contributed by atoms with Crippen molar-refractivity contribution in [1.29, 1.82) is 0 Å². The van der Waals surface area contributed by atoms with Crippen LogP contribution in [-0.4, -0.2) is 37.2 Å². The third-order valence-electron chi connectivity index (χ3n) is 5.52. The van der Waals surface area contributed by atoms with Gasteiger partial charge in [0, 0.05) is 17.6 Å². The summed E-state index contributed by atoms with van der Waals surface area (Å²) in [5.41, 5.74) is 0.931. The van der Waals surface area contributed by atoms with E-state index in [1.807, 2.05) is 0 Å². The number of rotatable bonds is 8. The maximum atomic E-state index is 12.7. The number of urea groups is 1. The first-order valence-electron chi connectivity index (χ1n) is 11.4. The monoisotopic (exact) mass is 587 g/mol. The SMILES string of the molecule is COc1cc2nccc(Oc3ccc(N(S)C(=O)NC(=O)C(C)Oc4ccccc4Cl)cc3Cl)c2cc1OC. The first kappa shape index (κ1) is 28.2. The maximum Gasteiger partial charge on any atom is 0.338 e. The number of carbonyl (C=O) groups excluding carboxylic acids is 2. The average Bonchev–Trinajstić information content (AvgIpc) is 2.94. The third-order valence-corrected chi connectivity index (χ3v) is 6.54. The summed E-state index contributed by atoms with van der Waals surface area (Å²) >= 11 is 16.7. The molecule has 1 atom stereocenters. The van der Waals surface area contributed by atoms with Crippen LogP contribution in [0, 0.1) is 0 Å². The Balaban J connectivity index is 1.46. The molecule has 4 aromatic rings. The number of anilines is 1. The molecule has 1 unspecified atom stereocenters. The number of hydrogen-bond donors (Lipinski definition) is 2. The van der Waals surface area contributed by atoms with Gasteiger partial charge in [0.05, 0.1) is 35.5 Å². The van der Waals surface area contributed by atoms with Crippen LogP contribution in [0.2, 0.25) is 10.0 Å². The number of para-hydroxylation sites is 1. The van der Waals surface area contributed by atoms with Gasteiger partial charge in [0.15, 0.2) is 17.6 Å². The molecule has 1 N–H and O–H groups in total. The van der Waals surface area contributed by atoms with E-state index in [2.05, 4.69) is 23.1 Å². The number of nitrogens with zero attached hydrogens (tertiary/aromatic N) is 2. The average molecular weight is 588 g/mol. The quantitative estimate of drug-likeness (QED) is 0.221. The number of imide groups is 1. The van der Waals surface area contributed by atoms with E-state index in [1.54, 1.807) is 67.9 Å². The molecule has 0 radical (unpaired) electrons. The number of methoxy groups -OCH3 is 2. The molecule has 0 aliphatic heterocycles. The molecule has 0 spiro atoms. The number of thiol groups is 1. The highest BCUT2D eigenvalue weighted by Crippen LogP contribution is 2.39. The molecule has 0 aliphatic rings. The van der Waals surface area contributed by atoms with Crippen molar-refractivity contribution in [3.63, 3.8) is 0 Å². The summed E-state index contributed by atoms with van der Waals surface area (Å²) in [5.74, 6) is 1.49. The number of benzene rings is 3. The highest BCUT2D eigenvalue weighted by atomic mass is 35.5. The largest absolute Gasteiger partial charge is 0.493 e. The summed E-state index contributed by atoms with van der Waals surface area (Å²) in [4.78, 5) is 29.5. The zero-order valence-electron chi connectivity index (χ0n) is 21.0. The number of fused-ring (bicyclic) bond motifs is 1. The van der Waals surface area contributed by atoms with Gasteiger partial charge in [-0.25, -0.2) is 9.10 Å². The zero-order chi connectivity index (χ0) is 28.1. The summed E-state index contributed by atoms with van der Waals surface area (Å²) in [6.45, 7) is 1.49. The van der Waals surface area contributed by atoms with Crippen LogP contribution in [0.15, 0.2) is 66.9 Å². The molecular formula is C27H23Cl2N3O6S. The number of halogens is 2. The van der Waals surface area contributed by atoms with E-state index in [4.69, 9.17) is 42.1 Å². The lowest BCUT2D eigenvalue weighted by atomic mass is 10.2. The predicted molar refractivity (Wildman–Crippen MR) is 153 cm³/mol. The number of pyridine rings is 1. The van der Waals surface area contributed by atoms with Gasteiger partial charge in [0.1, 0.15) is 17.2 Å². The Morgan fingerprint density at radius 3 is 2.31 bits per heavy atom. The van der Waals surface area contributed by atoms with Crippen LogP contribution in [-0.2, 0) is 4.79 Å². The number of hydrogen-bond acceptors (Lipinski definition) is 8. The highest BCUT2D eigenvalue weighted by Gasteiger charge is 2.22. The van der Waals surface area contributed by atoms with Crippen molar-refractivity contribution >= 4 is 64.5 Å². The van der Waals surface area contributed by atoms with Crippen molar-refractivity contribution in [2.24, 2.45) is 0 Å². The van der Waals surface area contributed by atoms with Crippen LogP contribution in [0.4, 0.5) is 10.5 Å². The Hall–Kier alpha value is -3.86. The van der Waals surface area contributed by atoms with E-state index in [9.17, 15) is 9.59 Å². The van der Waals surface area contributed by atoms with E-state index in [1.165, 1.54) is 20.1 Å². The van der Waals surface area contributed by atoms with Crippen molar-refractivity contribution in [3.05, 3.63) is 76.9 Å². The van der Waals surface area contributed by atoms with Gasteiger partial charge in [0.25, 0.3) is 5.91 Å². The number of ether oxygens (including phenoxy) is 4. The van der Waals surface area contributed by atoms with E-state index in [-0.39, 0.29) is 5.02 Å². The van der Waals surface area contributed by atoms with Crippen LogP contribution in [0.5, 0.6) is 28.7 Å². The molecule has 9 nitrogen and oxygen atoms in total. The molecule has 1 heterocycles. The van der Waals surface area contributed by atoms with Gasteiger partial charge >= 0.3 is 6.03 Å². The Labute approximate surface area is 240 Å². The molecular weight excluding hydrogens is 565 g/mol. The Morgan fingerprint density at radius 1 is 0.897 bits per heavy atom. The lowest BCUT2D eigenvalue weighted by Gasteiger charge is -2.19. The van der Waals surface area contributed by atoms with Crippen LogP contribution in [0.3, 0.4) is 0 Å². The topological polar surface area (TPSA) is 99.2 Å². The minimum absolute atomic E-state index is 0.200. The summed E-state index contributed by atoms with van der Waals surface area (Å²) in [5, 5.41) is 3.45. The number of carbonyl (C=O) groups is 2. The summed E-state index contributed by atoms with van der Waals surface area (Å²) in [6.07, 6.45) is 0.600. The zero-order valence-corrected chi connectivity index (χ0v) is 23.4. The van der Waals surface area contributed by atoms with Gasteiger partial charge in [-0.05, 0) is 49.4 Å². The van der Waals surface area contributed by atoms with E-state index in [0.29, 0.717) is 50.4 Å². The van der Waals surface area contributed by atoms with E-state index < -0.39 is 18.0 Å². The third kappa shape index (κ3) is 6.42. The normalized spacial score (nSPS) is 11.4. The van der Waals surface area contributed by atoms with Crippen LogP contribution >= 0.6 is 36.0 Å². The first-order chi connectivity index (χ1) is 18.7. The fourth-order valence-electron chi connectivity index (χ4n) is 3.52. The molecule has 202 valence electrons. The number of aromatic nitrogens is 1. The summed E-state index contributed by atoms with van der Waals surface area (Å²) in [7, 11) is 3.08. The van der Waals surface area contributed by atoms with Crippen molar-refractivity contribution in [2.75, 3.05) is 18.5 Å². The minimum atomic E-state index is -0.997. The maximum absolute atomic E-state index is 12.7. The second-order valence-corrected chi connectivity index (χ2v) is 9.26. The molecule has 12 heteroatoms. The molecule has 0 fully saturated rings. The first-order valence-corrected chi connectivity index (χ1v) is 12.6. The van der Waals surface area contributed by atoms with Crippen LogP contribution in [0.25, 0.3) is 10.9 Å². The predicted octanol–water partition coefficient (Wildman–Crippen LogP) is 6.71. The second-order valence-electron chi connectivity index (χ2n) is 8.05. The fraction of sp³-hybridized carbons (Fsp3) is 0.148. The van der Waals surface area contributed by atoms with Crippen molar-refractivity contribution in [3.8, 4) is 28.7 Å². The molecule has 4 rings (SSSR count). The lowest BCUT2D eigenvalue weighted by molar-refractivity contribution is -0.126. The molecule has 0 saturated carbocycles. The molecule has 3 aromatic carbocycles. The van der Waals surface area contributed by atoms with Crippen LogP contribution < -0.4 is 28.6 Å². The lowest BCUT2D eigenvalue weighted by Crippen LogP contribution is -2.44. The molecule has 1 aromatic heterocycles.